The Morgan fingerprint density at radius 1 is 1.33 bits per heavy atom. The zero-order chi connectivity index (χ0) is 13.0. The Labute approximate surface area is 113 Å². The topological polar surface area (TPSA) is 48.1 Å². The number of halogens is 2. The Hall–Kier alpha value is -1.46. The monoisotopic (exact) mass is 310 g/mol. The molecule has 3 nitrogen and oxygen atoms in total. The van der Waals surface area contributed by atoms with Gasteiger partial charge in [-0.1, -0.05) is 12.1 Å². The van der Waals surface area contributed by atoms with E-state index in [0.717, 1.165) is 16.2 Å². The van der Waals surface area contributed by atoms with Crippen LogP contribution in [-0.4, -0.2) is 4.98 Å². The van der Waals surface area contributed by atoms with E-state index in [1.54, 1.807) is 6.20 Å². The average molecular weight is 311 g/mol. The first-order chi connectivity index (χ1) is 8.70. The molecule has 5 heteroatoms. The van der Waals surface area contributed by atoms with Crippen LogP contribution in [0.1, 0.15) is 11.1 Å². The zero-order valence-corrected chi connectivity index (χ0v) is 11.2. The van der Waals surface area contributed by atoms with Crippen LogP contribution in [0, 0.1) is 5.82 Å². The molecule has 0 aliphatic carbocycles. The molecule has 1 heterocycles. The van der Waals surface area contributed by atoms with Gasteiger partial charge in [0, 0.05) is 23.9 Å². The minimum absolute atomic E-state index is 0.250. The molecular formula is C13H12BrFN2O. The molecule has 0 atom stereocenters. The van der Waals surface area contributed by atoms with Crippen LogP contribution in [0.2, 0.25) is 0 Å². The van der Waals surface area contributed by atoms with E-state index in [1.807, 2.05) is 18.2 Å². The Kier molecular flexibility index (Phi) is 4.28. The van der Waals surface area contributed by atoms with Crippen molar-refractivity contribution in [2.75, 3.05) is 0 Å². The van der Waals surface area contributed by atoms with E-state index in [1.165, 1.54) is 6.07 Å². The Morgan fingerprint density at radius 3 is 2.89 bits per heavy atom. The van der Waals surface area contributed by atoms with Gasteiger partial charge in [-0.05, 0) is 28.1 Å². The van der Waals surface area contributed by atoms with E-state index >= 15 is 0 Å². The number of ether oxygens (including phenoxy) is 1. The van der Waals surface area contributed by atoms with E-state index in [9.17, 15) is 4.39 Å². The predicted octanol–water partition coefficient (Wildman–Crippen LogP) is 3.02. The van der Waals surface area contributed by atoms with Gasteiger partial charge in [0.25, 0.3) is 0 Å². The minimum atomic E-state index is -0.373. The van der Waals surface area contributed by atoms with Gasteiger partial charge in [-0.15, -0.1) is 0 Å². The van der Waals surface area contributed by atoms with Crippen LogP contribution in [0.25, 0.3) is 0 Å². The van der Waals surface area contributed by atoms with Gasteiger partial charge in [0.2, 0.25) is 0 Å². The summed E-state index contributed by atoms with van der Waals surface area (Å²) in [6, 6.07) is 7.05. The van der Waals surface area contributed by atoms with Gasteiger partial charge in [0.15, 0.2) is 0 Å². The predicted molar refractivity (Wildman–Crippen MR) is 70.6 cm³/mol. The van der Waals surface area contributed by atoms with Gasteiger partial charge in [0.1, 0.15) is 18.2 Å². The number of para-hydroxylation sites is 1. The van der Waals surface area contributed by atoms with Crippen molar-refractivity contribution >= 4 is 15.9 Å². The molecule has 1 aromatic carbocycles. The number of nitrogens with zero attached hydrogens (tertiary/aromatic N) is 1. The molecule has 0 aliphatic heterocycles. The number of benzene rings is 1. The first-order valence-electron chi connectivity index (χ1n) is 5.40. The van der Waals surface area contributed by atoms with Crippen LogP contribution in [0.15, 0.2) is 41.1 Å². The van der Waals surface area contributed by atoms with Crippen molar-refractivity contribution in [2.45, 2.75) is 13.2 Å². The van der Waals surface area contributed by atoms with Crippen LogP contribution in [0.3, 0.4) is 0 Å². The molecule has 18 heavy (non-hydrogen) atoms. The molecular weight excluding hydrogens is 299 g/mol. The third kappa shape index (κ3) is 3.05. The van der Waals surface area contributed by atoms with Crippen molar-refractivity contribution in [3.8, 4) is 5.75 Å². The molecule has 0 aliphatic rings. The fraction of sp³-hybridized carbons (Fsp3) is 0.154. The summed E-state index contributed by atoms with van der Waals surface area (Å²) in [5, 5.41) is 0. The molecule has 2 aromatic rings. The summed E-state index contributed by atoms with van der Waals surface area (Å²) in [5.41, 5.74) is 7.21. The van der Waals surface area contributed by atoms with Crippen molar-refractivity contribution < 1.29 is 9.13 Å². The maximum absolute atomic E-state index is 13.0. The Bertz CT molecular complexity index is 548. The van der Waals surface area contributed by atoms with Gasteiger partial charge in [-0.3, -0.25) is 4.98 Å². The van der Waals surface area contributed by atoms with E-state index in [4.69, 9.17) is 10.5 Å². The van der Waals surface area contributed by atoms with E-state index in [-0.39, 0.29) is 12.4 Å². The summed E-state index contributed by atoms with van der Waals surface area (Å²) in [7, 11) is 0. The second-order valence-corrected chi connectivity index (χ2v) is 4.59. The maximum Gasteiger partial charge on any atom is 0.141 e. The third-order valence-electron chi connectivity index (χ3n) is 2.41. The highest BCUT2D eigenvalue weighted by molar-refractivity contribution is 9.10. The molecule has 1 aromatic heterocycles. The summed E-state index contributed by atoms with van der Waals surface area (Å²) in [6.07, 6.45) is 2.73. The molecule has 94 valence electrons. The Morgan fingerprint density at radius 2 is 2.17 bits per heavy atom. The van der Waals surface area contributed by atoms with E-state index in [0.29, 0.717) is 17.9 Å². The molecule has 0 fully saturated rings. The highest BCUT2D eigenvalue weighted by Gasteiger charge is 2.07. The first-order valence-corrected chi connectivity index (χ1v) is 6.19. The van der Waals surface area contributed by atoms with Crippen molar-refractivity contribution in [2.24, 2.45) is 5.73 Å². The van der Waals surface area contributed by atoms with Gasteiger partial charge in [-0.2, -0.15) is 0 Å². The fourth-order valence-corrected chi connectivity index (χ4v) is 2.09. The lowest BCUT2D eigenvalue weighted by Crippen LogP contribution is -2.03. The summed E-state index contributed by atoms with van der Waals surface area (Å²) in [4.78, 5) is 3.77. The number of hydrogen-bond acceptors (Lipinski definition) is 3. The maximum atomic E-state index is 13.0. The summed E-state index contributed by atoms with van der Waals surface area (Å²) < 4.78 is 19.5. The van der Waals surface area contributed by atoms with E-state index < -0.39 is 0 Å². The fourth-order valence-electron chi connectivity index (χ4n) is 1.57. The second-order valence-electron chi connectivity index (χ2n) is 3.73. The van der Waals surface area contributed by atoms with Gasteiger partial charge in [0.05, 0.1) is 10.7 Å². The molecule has 0 amide bonds. The number of rotatable bonds is 4. The molecule has 0 bridgehead atoms. The molecule has 0 unspecified atom stereocenters. The average Bonchev–Trinajstić information content (AvgIpc) is 2.37. The quantitative estimate of drug-likeness (QED) is 0.944. The van der Waals surface area contributed by atoms with Gasteiger partial charge in [-0.25, -0.2) is 4.39 Å². The molecule has 0 radical (unpaired) electrons. The van der Waals surface area contributed by atoms with Crippen LogP contribution >= 0.6 is 15.9 Å². The standard InChI is InChI=1S/C13H12BrFN2O/c14-12-3-1-2-10(5-16)13(12)18-8-9-4-11(15)7-17-6-9/h1-4,6-7H,5,8,16H2. The van der Waals surface area contributed by atoms with Crippen LogP contribution < -0.4 is 10.5 Å². The van der Waals surface area contributed by atoms with Crippen molar-refractivity contribution in [3.05, 3.63) is 58.1 Å². The highest BCUT2D eigenvalue weighted by Crippen LogP contribution is 2.29. The number of aromatic nitrogens is 1. The third-order valence-corrected chi connectivity index (χ3v) is 3.04. The number of pyridine rings is 1. The lowest BCUT2D eigenvalue weighted by molar-refractivity contribution is 0.300. The van der Waals surface area contributed by atoms with Gasteiger partial charge < -0.3 is 10.5 Å². The van der Waals surface area contributed by atoms with Crippen LogP contribution in [-0.2, 0) is 13.2 Å². The second kappa shape index (κ2) is 5.93. The van der Waals surface area contributed by atoms with Crippen LogP contribution in [0.5, 0.6) is 5.75 Å². The molecule has 2 N–H and O–H groups in total. The smallest absolute Gasteiger partial charge is 0.141 e. The number of hydrogen-bond donors (Lipinski definition) is 1. The molecule has 0 saturated carbocycles. The molecule has 0 saturated heterocycles. The van der Waals surface area contributed by atoms with E-state index in [2.05, 4.69) is 20.9 Å². The summed E-state index contributed by atoms with van der Waals surface area (Å²) in [5.74, 6) is 0.312. The lowest BCUT2D eigenvalue weighted by atomic mass is 10.2. The highest BCUT2D eigenvalue weighted by atomic mass is 79.9. The van der Waals surface area contributed by atoms with Crippen molar-refractivity contribution in [1.82, 2.24) is 4.98 Å². The minimum Gasteiger partial charge on any atom is -0.487 e. The van der Waals surface area contributed by atoms with Gasteiger partial charge >= 0.3 is 0 Å². The summed E-state index contributed by atoms with van der Waals surface area (Å²) >= 11 is 3.41. The Balaban J connectivity index is 2.15. The summed E-state index contributed by atoms with van der Waals surface area (Å²) in [6.45, 7) is 0.635. The first kappa shape index (κ1) is 13.0. The SMILES string of the molecule is NCc1cccc(Br)c1OCc1cncc(F)c1. The van der Waals surface area contributed by atoms with Crippen molar-refractivity contribution in [3.63, 3.8) is 0 Å². The zero-order valence-electron chi connectivity index (χ0n) is 9.57. The van der Waals surface area contributed by atoms with Crippen molar-refractivity contribution in [1.29, 1.82) is 0 Å². The number of nitrogens with two attached hydrogens (primary N) is 1. The normalized spacial score (nSPS) is 10.4. The lowest BCUT2D eigenvalue weighted by Gasteiger charge is -2.12. The largest absolute Gasteiger partial charge is 0.487 e. The molecule has 2 rings (SSSR count). The van der Waals surface area contributed by atoms with Crippen LogP contribution in [0.4, 0.5) is 4.39 Å². The molecule has 0 spiro atoms.